The summed E-state index contributed by atoms with van der Waals surface area (Å²) in [4.78, 5) is 11.7. The van der Waals surface area contributed by atoms with Crippen LogP contribution in [0, 0.1) is 5.82 Å². The van der Waals surface area contributed by atoms with Gasteiger partial charge in [0.25, 0.3) is 0 Å². The molecule has 7 nitrogen and oxygen atoms in total. The summed E-state index contributed by atoms with van der Waals surface area (Å²) in [5, 5.41) is 9.53. The molecule has 0 radical (unpaired) electrons. The number of carbonyl (C=O) groups is 1. The van der Waals surface area contributed by atoms with Gasteiger partial charge in [-0.25, -0.2) is 12.8 Å². The molecule has 2 atom stereocenters. The number of piperidine rings is 1. The third-order valence-corrected chi connectivity index (χ3v) is 6.73. The summed E-state index contributed by atoms with van der Waals surface area (Å²) in [6.07, 6.45) is 0.296. The normalized spacial score (nSPS) is 20.3. The van der Waals surface area contributed by atoms with E-state index in [4.69, 9.17) is 9.47 Å². The van der Waals surface area contributed by atoms with Gasteiger partial charge in [0.1, 0.15) is 24.2 Å². The number of aliphatic carboxylic acids is 1. The molecule has 0 bridgehead atoms. The molecule has 3 rings (SSSR count). The van der Waals surface area contributed by atoms with E-state index in [9.17, 15) is 22.7 Å². The lowest BCUT2D eigenvalue weighted by Gasteiger charge is -2.36. The summed E-state index contributed by atoms with van der Waals surface area (Å²) in [6, 6.07) is 10.4. The fourth-order valence-electron chi connectivity index (χ4n) is 3.32. The maximum absolute atomic E-state index is 13.0. The first-order valence-corrected chi connectivity index (χ1v) is 10.5. The lowest BCUT2D eigenvalue weighted by atomic mass is 10.0. The van der Waals surface area contributed by atoms with Crippen LogP contribution < -0.4 is 4.74 Å². The Morgan fingerprint density at radius 1 is 1.17 bits per heavy atom. The van der Waals surface area contributed by atoms with E-state index in [0.29, 0.717) is 18.6 Å². The maximum Gasteiger partial charge on any atom is 0.324 e. The van der Waals surface area contributed by atoms with Crippen LogP contribution in [0.3, 0.4) is 0 Å². The minimum absolute atomic E-state index is 0.0189. The predicted octanol–water partition coefficient (Wildman–Crippen LogP) is 2.66. The first-order chi connectivity index (χ1) is 13.8. The van der Waals surface area contributed by atoms with E-state index in [1.54, 1.807) is 12.1 Å². The zero-order valence-electron chi connectivity index (χ0n) is 15.8. The Hall–Kier alpha value is -2.49. The Morgan fingerprint density at radius 3 is 2.41 bits per heavy atom. The van der Waals surface area contributed by atoms with Crippen molar-refractivity contribution in [1.29, 1.82) is 0 Å². The van der Waals surface area contributed by atoms with E-state index in [1.165, 1.54) is 43.5 Å². The van der Waals surface area contributed by atoms with E-state index >= 15 is 0 Å². The number of halogens is 1. The average Bonchev–Trinajstić information content (AvgIpc) is 2.73. The lowest BCUT2D eigenvalue weighted by Crippen LogP contribution is -2.55. The largest absolute Gasteiger partial charge is 0.489 e. The van der Waals surface area contributed by atoms with Gasteiger partial charge in [0.05, 0.1) is 11.0 Å². The standard InChI is InChI=1S/C20H22FNO6S/c1-27-18-3-2-12-22(19(18)20(23)24)29(25,26)17-10-8-16(9-11-17)28-13-14-4-6-15(21)7-5-14/h4-11,18-19H,2-3,12-13H2,1H3,(H,23,24). The smallest absolute Gasteiger partial charge is 0.324 e. The SMILES string of the molecule is COC1CCCN(S(=O)(=O)c2ccc(OCc3ccc(F)cc3)cc2)C1C(=O)O. The van der Waals surface area contributed by atoms with Crippen molar-refractivity contribution in [3.8, 4) is 5.75 Å². The molecule has 1 saturated heterocycles. The molecule has 1 heterocycles. The summed E-state index contributed by atoms with van der Waals surface area (Å²) in [6.45, 7) is 0.317. The van der Waals surface area contributed by atoms with Gasteiger partial charge >= 0.3 is 5.97 Å². The number of rotatable bonds is 7. The van der Waals surface area contributed by atoms with Crippen molar-refractivity contribution in [3.05, 3.63) is 59.9 Å². The quantitative estimate of drug-likeness (QED) is 0.736. The van der Waals surface area contributed by atoms with Crippen molar-refractivity contribution in [2.45, 2.75) is 36.5 Å². The molecule has 1 aliphatic heterocycles. The number of hydrogen-bond donors (Lipinski definition) is 1. The van der Waals surface area contributed by atoms with Crippen LogP contribution in [0.1, 0.15) is 18.4 Å². The Kier molecular flexibility index (Phi) is 6.51. The first-order valence-electron chi connectivity index (χ1n) is 9.07. The third-order valence-electron chi connectivity index (χ3n) is 4.83. The van der Waals surface area contributed by atoms with Crippen LogP contribution in [0.2, 0.25) is 0 Å². The van der Waals surface area contributed by atoms with Crippen molar-refractivity contribution in [2.75, 3.05) is 13.7 Å². The lowest BCUT2D eigenvalue weighted by molar-refractivity contribution is -0.148. The molecule has 1 N–H and O–H groups in total. The fourth-order valence-corrected chi connectivity index (χ4v) is 4.97. The number of sulfonamides is 1. The van der Waals surface area contributed by atoms with Crippen molar-refractivity contribution in [2.24, 2.45) is 0 Å². The van der Waals surface area contributed by atoms with Crippen LogP contribution in [0.25, 0.3) is 0 Å². The van der Waals surface area contributed by atoms with Crippen LogP contribution in [-0.4, -0.2) is 49.6 Å². The number of hydrogen-bond acceptors (Lipinski definition) is 5. The molecule has 1 aliphatic rings. The zero-order chi connectivity index (χ0) is 21.0. The van der Waals surface area contributed by atoms with Gasteiger partial charge in [-0.2, -0.15) is 4.31 Å². The van der Waals surface area contributed by atoms with Gasteiger partial charge in [-0.3, -0.25) is 4.79 Å². The Morgan fingerprint density at radius 2 is 1.83 bits per heavy atom. The molecule has 9 heteroatoms. The van der Waals surface area contributed by atoms with Crippen molar-refractivity contribution >= 4 is 16.0 Å². The first kappa shape index (κ1) is 21.2. The second-order valence-electron chi connectivity index (χ2n) is 6.70. The summed E-state index contributed by atoms with van der Waals surface area (Å²) < 4.78 is 50.7. The average molecular weight is 423 g/mol. The Balaban J connectivity index is 1.75. The highest BCUT2D eigenvalue weighted by Crippen LogP contribution is 2.28. The van der Waals surface area contributed by atoms with Gasteiger partial charge in [-0.05, 0) is 54.8 Å². The van der Waals surface area contributed by atoms with Gasteiger partial charge in [0.15, 0.2) is 0 Å². The maximum atomic E-state index is 13.0. The van der Waals surface area contributed by atoms with Gasteiger partial charge in [0, 0.05) is 13.7 Å². The zero-order valence-corrected chi connectivity index (χ0v) is 16.6. The van der Waals surface area contributed by atoms with Crippen molar-refractivity contribution < 1.29 is 32.2 Å². The van der Waals surface area contributed by atoms with E-state index in [2.05, 4.69) is 0 Å². The topological polar surface area (TPSA) is 93.1 Å². The minimum Gasteiger partial charge on any atom is -0.489 e. The summed E-state index contributed by atoms with van der Waals surface area (Å²) in [5.74, 6) is -1.13. The molecular formula is C20H22FNO6S. The third kappa shape index (κ3) is 4.75. The Bertz CT molecular complexity index is 946. The summed E-state index contributed by atoms with van der Waals surface area (Å²) in [5.41, 5.74) is 0.770. The molecule has 0 saturated carbocycles. The molecule has 1 fully saturated rings. The number of carboxylic acid groups (broad SMARTS) is 1. The molecule has 0 spiro atoms. The van der Waals surface area contributed by atoms with Crippen LogP contribution >= 0.6 is 0 Å². The molecule has 0 aromatic heterocycles. The number of ether oxygens (including phenoxy) is 2. The molecule has 29 heavy (non-hydrogen) atoms. The van der Waals surface area contributed by atoms with Gasteiger partial charge < -0.3 is 14.6 Å². The number of methoxy groups -OCH3 is 1. The molecule has 2 unspecified atom stereocenters. The number of benzene rings is 2. The van der Waals surface area contributed by atoms with Gasteiger partial charge in [0.2, 0.25) is 10.0 Å². The Labute approximate surface area is 168 Å². The van der Waals surface area contributed by atoms with E-state index in [0.717, 1.165) is 9.87 Å². The molecule has 156 valence electrons. The van der Waals surface area contributed by atoms with Gasteiger partial charge in [-0.1, -0.05) is 12.1 Å². The van der Waals surface area contributed by atoms with Crippen molar-refractivity contribution in [1.82, 2.24) is 4.31 Å². The second kappa shape index (κ2) is 8.89. The number of nitrogens with zero attached hydrogens (tertiary/aromatic N) is 1. The fraction of sp³-hybridized carbons (Fsp3) is 0.350. The molecule has 0 aliphatic carbocycles. The van der Waals surface area contributed by atoms with E-state index in [1.807, 2.05) is 0 Å². The minimum atomic E-state index is -4.01. The van der Waals surface area contributed by atoms with Crippen LogP contribution in [0.15, 0.2) is 53.4 Å². The highest BCUT2D eigenvalue weighted by atomic mass is 32.2. The monoisotopic (exact) mass is 423 g/mol. The predicted molar refractivity (Wildman–Crippen MR) is 103 cm³/mol. The second-order valence-corrected chi connectivity index (χ2v) is 8.59. The van der Waals surface area contributed by atoms with Gasteiger partial charge in [-0.15, -0.1) is 0 Å². The molecular weight excluding hydrogens is 401 g/mol. The van der Waals surface area contributed by atoms with E-state index < -0.39 is 28.1 Å². The van der Waals surface area contributed by atoms with Crippen LogP contribution in [-0.2, 0) is 26.2 Å². The highest BCUT2D eigenvalue weighted by Gasteiger charge is 2.43. The molecule has 0 amide bonds. The van der Waals surface area contributed by atoms with Crippen LogP contribution in [0.5, 0.6) is 5.75 Å². The number of carboxylic acids is 1. The highest BCUT2D eigenvalue weighted by molar-refractivity contribution is 7.89. The summed E-state index contributed by atoms with van der Waals surface area (Å²) in [7, 11) is -2.63. The van der Waals surface area contributed by atoms with Crippen molar-refractivity contribution in [3.63, 3.8) is 0 Å². The van der Waals surface area contributed by atoms with E-state index in [-0.39, 0.29) is 23.9 Å². The molecule has 2 aromatic carbocycles. The summed E-state index contributed by atoms with van der Waals surface area (Å²) >= 11 is 0. The molecule has 2 aromatic rings. The van der Waals surface area contributed by atoms with Crippen LogP contribution in [0.4, 0.5) is 4.39 Å².